The van der Waals surface area contributed by atoms with Crippen molar-refractivity contribution >= 4 is 90.4 Å². The highest BCUT2D eigenvalue weighted by molar-refractivity contribution is 14.1. The molecule has 9 rings (SSSR count). The Morgan fingerprint density at radius 3 is 0.658 bits per heavy atom. The van der Waals surface area contributed by atoms with Crippen LogP contribution in [0.1, 0.15) is 199 Å². The van der Waals surface area contributed by atoms with Gasteiger partial charge in [0.1, 0.15) is 0 Å². The Morgan fingerprint density at radius 1 is 0.316 bits per heavy atom. The van der Waals surface area contributed by atoms with E-state index in [9.17, 15) is 0 Å². The van der Waals surface area contributed by atoms with E-state index >= 15 is 0 Å². The summed E-state index contributed by atoms with van der Waals surface area (Å²) < 4.78 is 86.6. The van der Waals surface area contributed by atoms with Crippen LogP contribution in [0.3, 0.4) is 0 Å². The van der Waals surface area contributed by atoms with Gasteiger partial charge >= 0.3 is 0 Å². The number of hydrogen-bond acceptors (Lipinski definition) is 12. The van der Waals surface area contributed by atoms with E-state index in [1.54, 1.807) is 0 Å². The van der Waals surface area contributed by atoms with Crippen LogP contribution in [0.15, 0.2) is 24.3 Å². The van der Waals surface area contributed by atoms with E-state index in [0.29, 0.717) is 95.4 Å². The standard InChI is InChI=1S/C60H76I4O12/c1-5-9-13-17-37-41-29-43-38(18-14-10-6-2)45-31-47-40(20-16-12-8-4)48-32-46-39(19-15-11-7-3)44-30-42(37)50-58(66-26-22-62)52(44)72-35-74-54(46)60(68-28-24-64)56(48)76-36-75-55(47)59(67-27-23-63)53(45)73-34-71-51(43)57(65-25-21-61)49(41)69-33-70-50/h29-32,37-40H,5-28,33-36H2,1-4H3. The number of hydrogen-bond donors (Lipinski definition) is 0. The highest BCUT2D eigenvalue weighted by Gasteiger charge is 2.43. The van der Waals surface area contributed by atoms with E-state index < -0.39 is 0 Å². The van der Waals surface area contributed by atoms with Crippen molar-refractivity contribution in [1.82, 2.24) is 0 Å². The molecule has 5 aliphatic rings. The number of alkyl halides is 4. The molecule has 416 valence electrons. The topological polar surface area (TPSA) is 111 Å². The van der Waals surface area contributed by atoms with Gasteiger partial charge in [-0.3, -0.25) is 0 Å². The Balaban J connectivity index is 1.50. The molecule has 4 heterocycles. The van der Waals surface area contributed by atoms with Gasteiger partial charge in [0, 0.05) is 85.9 Å². The lowest BCUT2D eigenvalue weighted by molar-refractivity contribution is 0.0834. The van der Waals surface area contributed by atoms with Crippen LogP contribution in [-0.2, 0) is 0 Å². The third kappa shape index (κ3) is 12.3. The van der Waals surface area contributed by atoms with Crippen LogP contribution in [-0.4, -0.2) is 71.3 Å². The summed E-state index contributed by atoms with van der Waals surface area (Å²) in [6.45, 7) is 10.5. The first-order valence-electron chi connectivity index (χ1n) is 28.1. The molecule has 76 heavy (non-hydrogen) atoms. The summed E-state index contributed by atoms with van der Waals surface area (Å²) in [6.07, 6.45) is 15.8. The number of ether oxygens (including phenoxy) is 12. The molecule has 0 atom stereocenters. The van der Waals surface area contributed by atoms with E-state index in [-0.39, 0.29) is 50.8 Å². The molecule has 16 heteroatoms. The molecule has 4 aromatic carbocycles. The van der Waals surface area contributed by atoms with Gasteiger partial charge < -0.3 is 56.8 Å². The van der Waals surface area contributed by atoms with Crippen LogP contribution in [0.4, 0.5) is 0 Å². The largest absolute Gasteiger partial charge is 0.486 e. The van der Waals surface area contributed by atoms with Crippen molar-refractivity contribution in [3.8, 4) is 69.0 Å². The first kappa shape index (κ1) is 58.1. The maximum absolute atomic E-state index is 6.96. The third-order valence-electron chi connectivity index (χ3n) is 15.3. The van der Waals surface area contributed by atoms with Crippen LogP contribution in [0.5, 0.6) is 69.0 Å². The fourth-order valence-corrected chi connectivity index (χ4v) is 12.8. The second kappa shape index (κ2) is 28.7. The summed E-state index contributed by atoms with van der Waals surface area (Å²) in [5.41, 5.74) is 8.38. The molecule has 0 saturated heterocycles. The zero-order chi connectivity index (χ0) is 53.0. The van der Waals surface area contributed by atoms with Crippen molar-refractivity contribution in [2.24, 2.45) is 0 Å². The molecule has 4 aromatic rings. The molecular weight excluding hydrogens is 1420 g/mol. The molecule has 0 amide bonds. The van der Waals surface area contributed by atoms with Gasteiger partial charge in [-0.1, -0.05) is 195 Å². The smallest absolute Gasteiger partial charge is 0.231 e. The van der Waals surface area contributed by atoms with Crippen LogP contribution in [0, 0.1) is 0 Å². The van der Waals surface area contributed by atoms with Gasteiger partial charge in [-0.2, -0.15) is 0 Å². The molecule has 0 aromatic heterocycles. The summed E-state index contributed by atoms with van der Waals surface area (Å²) in [4.78, 5) is 0. The second-order valence-electron chi connectivity index (χ2n) is 20.1. The number of rotatable bonds is 28. The highest BCUT2D eigenvalue weighted by Crippen LogP contribution is 2.62. The van der Waals surface area contributed by atoms with Gasteiger partial charge in [0.05, 0.1) is 26.4 Å². The predicted molar refractivity (Wildman–Crippen MR) is 332 cm³/mol. The Hall–Kier alpha value is -2.60. The normalized spacial score (nSPS) is 18.3. The fourth-order valence-electron chi connectivity index (χ4n) is 11.9. The van der Waals surface area contributed by atoms with Crippen molar-refractivity contribution in [3.05, 3.63) is 68.8 Å². The summed E-state index contributed by atoms with van der Waals surface area (Å²) in [7, 11) is 0. The van der Waals surface area contributed by atoms with E-state index in [4.69, 9.17) is 56.8 Å². The monoisotopic (exact) mass is 1500 g/mol. The third-order valence-corrected chi connectivity index (χ3v) is 17.1. The molecule has 12 nitrogen and oxygen atoms in total. The van der Waals surface area contributed by atoms with E-state index in [0.717, 1.165) is 165 Å². The van der Waals surface area contributed by atoms with Gasteiger partial charge in [0.15, 0.2) is 46.0 Å². The number of unbranched alkanes of at least 4 members (excludes halogenated alkanes) is 8. The lowest BCUT2D eigenvalue weighted by Crippen LogP contribution is -2.24. The van der Waals surface area contributed by atoms with Crippen LogP contribution in [0.2, 0.25) is 0 Å². The van der Waals surface area contributed by atoms with Gasteiger partial charge in [0.25, 0.3) is 0 Å². The minimum absolute atomic E-state index is 0.0916. The summed E-state index contributed by atoms with van der Waals surface area (Å²) >= 11 is 9.54. The summed E-state index contributed by atoms with van der Waals surface area (Å²) in [5.74, 6) is 6.70. The average molecular weight is 1500 g/mol. The van der Waals surface area contributed by atoms with Crippen molar-refractivity contribution in [3.63, 3.8) is 0 Å². The van der Waals surface area contributed by atoms with Crippen molar-refractivity contribution in [2.75, 3.05) is 71.3 Å². The predicted octanol–water partition coefficient (Wildman–Crippen LogP) is 17.0. The zero-order valence-electron chi connectivity index (χ0n) is 44.8. The number of halogens is 4. The van der Waals surface area contributed by atoms with E-state index in [2.05, 4.69) is 142 Å². The Kier molecular flexibility index (Phi) is 21.9. The second-order valence-corrected chi connectivity index (χ2v) is 24.5. The van der Waals surface area contributed by atoms with Crippen LogP contribution >= 0.6 is 90.4 Å². The molecule has 0 fully saturated rings. The van der Waals surface area contributed by atoms with Gasteiger partial charge in [0.2, 0.25) is 50.2 Å². The Bertz CT molecular complexity index is 2120. The van der Waals surface area contributed by atoms with Gasteiger partial charge in [-0.05, 0) is 49.9 Å². The molecule has 0 spiro atoms. The fraction of sp³-hybridized carbons (Fsp3) is 0.600. The van der Waals surface area contributed by atoms with Gasteiger partial charge in [-0.25, -0.2) is 0 Å². The molecule has 1 aliphatic carbocycles. The lowest BCUT2D eigenvalue weighted by atomic mass is 9.75. The quantitative estimate of drug-likeness (QED) is 0.0307. The lowest BCUT2D eigenvalue weighted by Gasteiger charge is -2.37. The summed E-state index contributed by atoms with van der Waals surface area (Å²) in [6, 6.07) is 9.60. The first-order valence-corrected chi connectivity index (χ1v) is 34.2. The molecule has 0 unspecified atom stereocenters. The van der Waals surface area contributed by atoms with Crippen molar-refractivity contribution < 1.29 is 56.8 Å². The zero-order valence-corrected chi connectivity index (χ0v) is 53.5. The highest BCUT2D eigenvalue weighted by atomic mass is 127. The Labute approximate surface area is 505 Å². The van der Waals surface area contributed by atoms with Crippen LogP contribution < -0.4 is 56.8 Å². The molecule has 0 radical (unpaired) electrons. The first-order chi connectivity index (χ1) is 37.5. The Morgan fingerprint density at radius 2 is 0.500 bits per heavy atom. The van der Waals surface area contributed by atoms with E-state index in [1.807, 2.05) is 0 Å². The molecule has 0 saturated carbocycles. The van der Waals surface area contributed by atoms with E-state index in [1.165, 1.54) is 0 Å². The minimum Gasteiger partial charge on any atom is -0.486 e. The molecule has 4 aliphatic heterocycles. The maximum atomic E-state index is 6.96. The molecular formula is C60H76I4O12. The summed E-state index contributed by atoms with van der Waals surface area (Å²) in [5, 5.41) is 0. The minimum atomic E-state index is -0.199. The number of benzene rings is 4. The molecule has 0 N–H and O–H groups in total. The van der Waals surface area contributed by atoms with Crippen molar-refractivity contribution in [2.45, 2.75) is 154 Å². The van der Waals surface area contributed by atoms with Gasteiger partial charge in [-0.15, -0.1) is 0 Å². The van der Waals surface area contributed by atoms with Crippen molar-refractivity contribution in [1.29, 1.82) is 0 Å². The molecule has 8 bridgehead atoms. The average Bonchev–Trinajstić information content (AvgIpc) is 3.42. The SMILES string of the molecule is CCCCCC1c2cc3c4c(OCCI)c2OCOc2c1cc1c(c2OCCI)OCOc2c(cc5c(c2OCCI)OCOc2c(cc(c(c2OCCI)OCO4)C3CCCCC)C5CCCCC)C1CCCCC. The maximum Gasteiger partial charge on any atom is 0.231 e. The van der Waals surface area contributed by atoms with Crippen LogP contribution in [0.25, 0.3) is 0 Å².